The highest BCUT2D eigenvalue weighted by Gasteiger charge is 2.50. The Kier molecular flexibility index (Phi) is 5.91. The molecule has 2 aliphatic heterocycles. The summed E-state index contributed by atoms with van der Waals surface area (Å²) in [4.78, 5) is 32.5. The van der Waals surface area contributed by atoms with Crippen LogP contribution in [-0.4, -0.2) is 59.5 Å². The number of anilines is 1. The first-order valence-corrected chi connectivity index (χ1v) is 9.89. The number of fused-ring (bicyclic) bond motifs is 1. The van der Waals surface area contributed by atoms with Crippen LogP contribution in [0, 0.1) is 0 Å². The molecule has 158 valence electrons. The minimum Gasteiger partial charge on any atom is -0.441 e. The molecule has 0 aliphatic carbocycles. The lowest BCUT2D eigenvalue weighted by Gasteiger charge is -2.18. The highest BCUT2D eigenvalue weighted by atomic mass is 16.6. The van der Waals surface area contributed by atoms with Gasteiger partial charge in [0.15, 0.2) is 6.10 Å². The number of nitrogens with one attached hydrogen (secondary N) is 2. The molecular weight excluding hydrogens is 388 g/mol. The van der Waals surface area contributed by atoms with Crippen molar-refractivity contribution in [2.75, 3.05) is 18.5 Å². The van der Waals surface area contributed by atoms with Crippen molar-refractivity contribution in [3.8, 4) is 0 Å². The Hall–Kier alpha value is -3.04. The zero-order valence-corrected chi connectivity index (χ0v) is 16.8. The van der Waals surface area contributed by atoms with Crippen LogP contribution in [0.4, 0.5) is 10.5 Å². The Bertz CT molecular complexity index is 890. The molecule has 9 nitrogen and oxygen atoms in total. The number of hydrogen-bond acceptors (Lipinski definition) is 7. The molecule has 2 amide bonds. The summed E-state index contributed by atoms with van der Waals surface area (Å²) in [7, 11) is 0. The molecular formula is C21H24N4O5. The van der Waals surface area contributed by atoms with Crippen LogP contribution in [0.5, 0.6) is 0 Å². The van der Waals surface area contributed by atoms with Gasteiger partial charge in [-0.2, -0.15) is 0 Å². The summed E-state index contributed by atoms with van der Waals surface area (Å²) in [6, 6.07) is 7.27. The van der Waals surface area contributed by atoms with E-state index in [0.29, 0.717) is 11.6 Å². The van der Waals surface area contributed by atoms with Crippen molar-refractivity contribution >= 4 is 17.7 Å². The maximum Gasteiger partial charge on any atom is 0.412 e. The SMILES string of the molecule is CC(C)c1ccc(NC(=O)O[C@H]2CO[C@@H]3[C@@H]2OC[C@@H]3NC(=O)c2cnccn2)cc1. The minimum atomic E-state index is -0.572. The number of amides is 2. The quantitative estimate of drug-likeness (QED) is 0.774. The number of ether oxygens (including phenoxy) is 3. The smallest absolute Gasteiger partial charge is 0.412 e. The lowest BCUT2D eigenvalue weighted by atomic mass is 10.0. The van der Waals surface area contributed by atoms with Crippen molar-refractivity contribution in [3.05, 3.63) is 54.1 Å². The Morgan fingerprint density at radius 3 is 2.57 bits per heavy atom. The number of hydrogen-bond donors (Lipinski definition) is 2. The summed E-state index contributed by atoms with van der Waals surface area (Å²) in [5.41, 5.74) is 2.06. The van der Waals surface area contributed by atoms with Crippen LogP contribution >= 0.6 is 0 Å². The van der Waals surface area contributed by atoms with E-state index in [-0.39, 0.29) is 30.9 Å². The molecule has 0 unspecified atom stereocenters. The van der Waals surface area contributed by atoms with Crippen LogP contribution < -0.4 is 10.6 Å². The van der Waals surface area contributed by atoms with Gasteiger partial charge in [0.2, 0.25) is 0 Å². The van der Waals surface area contributed by atoms with Crippen molar-refractivity contribution in [2.24, 2.45) is 0 Å². The topological polar surface area (TPSA) is 112 Å². The van der Waals surface area contributed by atoms with E-state index in [2.05, 4.69) is 34.4 Å². The predicted molar refractivity (Wildman–Crippen MR) is 107 cm³/mol. The molecule has 4 atom stereocenters. The van der Waals surface area contributed by atoms with E-state index in [1.54, 1.807) is 0 Å². The molecule has 2 fully saturated rings. The number of rotatable bonds is 5. The van der Waals surface area contributed by atoms with Crippen LogP contribution in [0.2, 0.25) is 0 Å². The first-order chi connectivity index (χ1) is 14.5. The molecule has 9 heteroatoms. The van der Waals surface area contributed by atoms with Crippen LogP contribution in [0.15, 0.2) is 42.9 Å². The highest BCUT2D eigenvalue weighted by Crippen LogP contribution is 2.29. The molecule has 0 saturated carbocycles. The average Bonchev–Trinajstić information content (AvgIpc) is 3.32. The highest BCUT2D eigenvalue weighted by molar-refractivity contribution is 5.92. The van der Waals surface area contributed by atoms with Crippen molar-refractivity contribution < 1.29 is 23.8 Å². The first-order valence-electron chi connectivity index (χ1n) is 9.89. The van der Waals surface area contributed by atoms with Gasteiger partial charge in [-0.05, 0) is 23.6 Å². The fourth-order valence-electron chi connectivity index (χ4n) is 3.58. The molecule has 0 radical (unpaired) electrons. The van der Waals surface area contributed by atoms with Crippen molar-refractivity contribution in [3.63, 3.8) is 0 Å². The minimum absolute atomic E-state index is 0.201. The summed E-state index contributed by atoms with van der Waals surface area (Å²) >= 11 is 0. The third kappa shape index (κ3) is 4.42. The van der Waals surface area contributed by atoms with Gasteiger partial charge in [-0.25, -0.2) is 9.78 Å². The van der Waals surface area contributed by atoms with E-state index < -0.39 is 24.4 Å². The van der Waals surface area contributed by atoms with Crippen molar-refractivity contribution in [1.29, 1.82) is 0 Å². The molecule has 4 rings (SSSR count). The summed E-state index contributed by atoms with van der Waals surface area (Å²) < 4.78 is 17.0. The van der Waals surface area contributed by atoms with Crippen LogP contribution in [0.25, 0.3) is 0 Å². The molecule has 1 aromatic carbocycles. The lowest BCUT2D eigenvalue weighted by Crippen LogP contribution is -2.44. The van der Waals surface area contributed by atoms with Gasteiger partial charge < -0.3 is 19.5 Å². The normalized spacial score (nSPS) is 25.0. The third-order valence-electron chi connectivity index (χ3n) is 5.20. The molecule has 0 spiro atoms. The van der Waals surface area contributed by atoms with Gasteiger partial charge in [0, 0.05) is 18.1 Å². The van der Waals surface area contributed by atoms with Crippen LogP contribution in [0.1, 0.15) is 35.8 Å². The van der Waals surface area contributed by atoms with Crippen molar-refractivity contribution in [2.45, 2.75) is 44.1 Å². The Morgan fingerprint density at radius 2 is 1.87 bits per heavy atom. The molecule has 1 aromatic heterocycles. The molecule has 3 heterocycles. The second kappa shape index (κ2) is 8.76. The van der Waals surface area contributed by atoms with Gasteiger partial charge in [0.25, 0.3) is 5.91 Å². The second-order valence-corrected chi connectivity index (χ2v) is 7.61. The molecule has 2 aromatic rings. The fourth-order valence-corrected chi connectivity index (χ4v) is 3.58. The van der Waals surface area contributed by atoms with E-state index in [4.69, 9.17) is 14.2 Å². The van der Waals surface area contributed by atoms with E-state index in [1.165, 1.54) is 24.2 Å². The molecule has 30 heavy (non-hydrogen) atoms. The summed E-state index contributed by atoms with van der Waals surface area (Å²) in [6.45, 7) is 4.68. The summed E-state index contributed by atoms with van der Waals surface area (Å²) in [6.07, 6.45) is 2.38. The average molecular weight is 412 g/mol. The summed E-state index contributed by atoms with van der Waals surface area (Å²) in [5, 5.41) is 5.57. The number of benzene rings is 1. The standard InChI is InChI=1S/C21H24N4O5/c1-12(2)13-3-5-14(6-4-13)24-21(27)30-17-11-29-18-16(10-28-19(17)18)25-20(26)15-9-22-7-8-23-15/h3-9,12,16-19H,10-11H2,1-2H3,(H,24,27)(H,25,26)/t16-,17-,18-,19+/m0/s1. The van der Waals surface area contributed by atoms with Crippen molar-refractivity contribution in [1.82, 2.24) is 15.3 Å². The van der Waals surface area contributed by atoms with Gasteiger partial charge in [-0.1, -0.05) is 26.0 Å². The molecule has 2 saturated heterocycles. The fraction of sp³-hybridized carbons (Fsp3) is 0.429. The molecule has 2 N–H and O–H groups in total. The van der Waals surface area contributed by atoms with E-state index in [1.807, 2.05) is 24.3 Å². The number of carbonyl (C=O) groups excluding carboxylic acids is 2. The molecule has 2 aliphatic rings. The van der Waals surface area contributed by atoms with Gasteiger partial charge in [0.1, 0.15) is 17.9 Å². The van der Waals surface area contributed by atoms with Gasteiger partial charge in [-0.3, -0.25) is 15.1 Å². The maximum absolute atomic E-state index is 12.3. The maximum atomic E-state index is 12.3. The Balaban J connectivity index is 1.30. The van der Waals surface area contributed by atoms with E-state index in [9.17, 15) is 9.59 Å². The second-order valence-electron chi connectivity index (χ2n) is 7.61. The van der Waals surface area contributed by atoms with Gasteiger partial charge >= 0.3 is 6.09 Å². The van der Waals surface area contributed by atoms with Crippen LogP contribution in [-0.2, 0) is 14.2 Å². The number of carbonyl (C=O) groups is 2. The number of aromatic nitrogens is 2. The summed E-state index contributed by atoms with van der Waals surface area (Å²) in [5.74, 6) is 0.0633. The Labute approximate surface area is 174 Å². The van der Waals surface area contributed by atoms with E-state index >= 15 is 0 Å². The number of nitrogens with zero attached hydrogens (tertiary/aromatic N) is 2. The van der Waals surface area contributed by atoms with Gasteiger partial charge in [-0.15, -0.1) is 0 Å². The zero-order valence-electron chi connectivity index (χ0n) is 16.8. The Morgan fingerprint density at radius 1 is 1.10 bits per heavy atom. The molecule has 0 bridgehead atoms. The monoisotopic (exact) mass is 412 g/mol. The van der Waals surface area contributed by atoms with Crippen LogP contribution in [0.3, 0.4) is 0 Å². The predicted octanol–water partition coefficient (Wildman–Crippen LogP) is 2.11. The zero-order chi connectivity index (χ0) is 21.1. The van der Waals surface area contributed by atoms with Gasteiger partial charge in [0.05, 0.1) is 25.5 Å². The largest absolute Gasteiger partial charge is 0.441 e. The van der Waals surface area contributed by atoms with E-state index in [0.717, 1.165) is 0 Å². The lowest BCUT2D eigenvalue weighted by molar-refractivity contribution is 0.00861. The third-order valence-corrected chi connectivity index (χ3v) is 5.20. The first kappa shape index (κ1) is 20.2.